The van der Waals surface area contributed by atoms with Gasteiger partial charge in [-0.2, -0.15) is 0 Å². The summed E-state index contributed by atoms with van der Waals surface area (Å²) in [6.45, 7) is -0.628. The first kappa shape index (κ1) is 14.5. The van der Waals surface area contributed by atoms with Crippen molar-refractivity contribution in [2.45, 2.75) is 30.8 Å². The van der Waals surface area contributed by atoms with E-state index in [-0.39, 0.29) is 6.42 Å². The van der Waals surface area contributed by atoms with Crippen LogP contribution in [-0.4, -0.2) is 55.7 Å². The van der Waals surface area contributed by atoms with Crippen LogP contribution < -0.4 is 0 Å². The molecule has 0 radical (unpaired) electrons. The molecule has 0 amide bonds. The van der Waals surface area contributed by atoms with Gasteiger partial charge < -0.3 is 29.8 Å². The molecule has 100 valence electrons. The van der Waals surface area contributed by atoms with Gasteiger partial charge in [-0.3, -0.25) is 4.52 Å². The van der Waals surface area contributed by atoms with Gasteiger partial charge in [-0.05, 0) is 0 Å². The number of aliphatic carboxylic acids is 1. The minimum atomic E-state index is -4.71. The Morgan fingerprint density at radius 2 is 2.12 bits per heavy atom. The smallest absolute Gasteiger partial charge is 0.469 e. The van der Waals surface area contributed by atoms with E-state index in [2.05, 4.69) is 4.52 Å². The summed E-state index contributed by atoms with van der Waals surface area (Å²) in [5.74, 6) is -4.25. The highest BCUT2D eigenvalue weighted by Crippen LogP contribution is 2.37. The lowest BCUT2D eigenvalue weighted by Gasteiger charge is -2.36. The molecule has 1 aliphatic rings. The van der Waals surface area contributed by atoms with Crippen molar-refractivity contribution in [1.29, 1.82) is 0 Å². The van der Waals surface area contributed by atoms with Crippen molar-refractivity contribution in [3.63, 3.8) is 0 Å². The average molecular weight is 272 g/mol. The first-order chi connectivity index (χ1) is 7.62. The van der Waals surface area contributed by atoms with E-state index in [1.807, 2.05) is 0 Å². The summed E-state index contributed by atoms with van der Waals surface area (Å²) >= 11 is 0. The van der Waals surface area contributed by atoms with Crippen molar-refractivity contribution in [2.75, 3.05) is 6.61 Å². The molecule has 1 rings (SSSR count). The van der Waals surface area contributed by atoms with Crippen LogP contribution in [0, 0.1) is 0 Å². The van der Waals surface area contributed by atoms with Gasteiger partial charge in [0.1, 0.15) is 0 Å². The van der Waals surface area contributed by atoms with E-state index in [1.165, 1.54) is 0 Å². The van der Waals surface area contributed by atoms with Crippen LogP contribution in [0.1, 0.15) is 12.8 Å². The molecule has 0 aromatic rings. The monoisotopic (exact) mass is 272 g/mol. The van der Waals surface area contributed by atoms with Crippen molar-refractivity contribution in [2.24, 2.45) is 0 Å². The molecule has 0 aliphatic carbocycles. The molecule has 0 saturated carbocycles. The predicted molar refractivity (Wildman–Crippen MR) is 50.7 cm³/mol. The number of rotatable bonds is 4. The molecule has 3 atom stereocenters. The van der Waals surface area contributed by atoms with Crippen molar-refractivity contribution < 1.29 is 43.7 Å². The minimum Gasteiger partial charge on any atom is -0.477 e. The number of carbonyl (C=O) groups is 1. The second-order valence-electron chi connectivity index (χ2n) is 3.71. The van der Waals surface area contributed by atoms with Crippen LogP contribution in [0.3, 0.4) is 0 Å². The summed E-state index contributed by atoms with van der Waals surface area (Å²) in [7, 11) is -4.71. The van der Waals surface area contributed by atoms with Crippen LogP contribution in [0.25, 0.3) is 0 Å². The zero-order valence-corrected chi connectivity index (χ0v) is 9.49. The average Bonchev–Trinajstić information content (AvgIpc) is 2.12. The normalized spacial score (nSPS) is 34.6. The van der Waals surface area contributed by atoms with Gasteiger partial charge in [-0.15, -0.1) is 0 Å². The molecule has 1 fully saturated rings. The van der Waals surface area contributed by atoms with Gasteiger partial charge in [0.05, 0.1) is 18.8 Å². The third kappa shape index (κ3) is 4.32. The van der Waals surface area contributed by atoms with Crippen LogP contribution in [0.4, 0.5) is 0 Å². The van der Waals surface area contributed by atoms with Crippen LogP contribution in [0.2, 0.25) is 0 Å². The molecule has 3 unspecified atom stereocenters. The summed E-state index contributed by atoms with van der Waals surface area (Å²) < 4.78 is 19.3. The Hall–Kier alpha value is -0.540. The molecular weight excluding hydrogens is 259 g/mol. The van der Waals surface area contributed by atoms with E-state index in [0.29, 0.717) is 0 Å². The lowest BCUT2D eigenvalue weighted by molar-refractivity contribution is -0.273. The van der Waals surface area contributed by atoms with Gasteiger partial charge in [0.15, 0.2) is 0 Å². The fourth-order valence-electron chi connectivity index (χ4n) is 1.50. The van der Waals surface area contributed by atoms with E-state index >= 15 is 0 Å². The lowest BCUT2D eigenvalue weighted by Crippen LogP contribution is -2.52. The van der Waals surface area contributed by atoms with E-state index in [4.69, 9.17) is 19.6 Å². The molecule has 10 heteroatoms. The number of aliphatic hydroxyl groups is 2. The number of carboxylic acid groups (broad SMARTS) is 1. The highest BCUT2D eigenvalue weighted by atomic mass is 31.2. The fourth-order valence-corrected chi connectivity index (χ4v) is 1.86. The molecule has 9 nitrogen and oxygen atoms in total. The second kappa shape index (κ2) is 4.99. The Morgan fingerprint density at radius 3 is 2.59 bits per heavy atom. The molecule has 0 bridgehead atoms. The Bertz CT molecular complexity index is 338. The molecule has 1 saturated heterocycles. The zero-order valence-electron chi connectivity index (χ0n) is 8.59. The van der Waals surface area contributed by atoms with Gasteiger partial charge in [0.2, 0.25) is 0 Å². The largest absolute Gasteiger partial charge is 0.477 e. The fraction of sp³-hybridized carbons (Fsp3) is 0.857. The van der Waals surface area contributed by atoms with Gasteiger partial charge in [0.25, 0.3) is 5.79 Å². The molecule has 1 aliphatic heterocycles. The topological polar surface area (TPSA) is 154 Å². The Morgan fingerprint density at radius 1 is 1.53 bits per heavy atom. The molecular formula is C7H13O9P. The van der Waals surface area contributed by atoms with Crippen LogP contribution >= 0.6 is 7.82 Å². The van der Waals surface area contributed by atoms with Crippen LogP contribution in [0.5, 0.6) is 0 Å². The standard InChI is InChI=1S/C7H13O9P/c8-4-1-5(3-15-17(12,13)14)16-7(11,2-4)6(9)10/h4-5,8,11H,1-3H2,(H,9,10)(H2,12,13,14). The third-order valence-corrected chi connectivity index (χ3v) is 2.66. The summed E-state index contributed by atoms with van der Waals surface area (Å²) in [6.07, 6.45) is -2.88. The Kier molecular flexibility index (Phi) is 4.26. The number of phosphoric acid groups is 1. The van der Waals surface area contributed by atoms with E-state index in [9.17, 15) is 19.6 Å². The van der Waals surface area contributed by atoms with Crippen LogP contribution in [0.15, 0.2) is 0 Å². The summed E-state index contributed by atoms with van der Waals surface area (Å²) in [6, 6.07) is 0. The number of ether oxygens (including phenoxy) is 1. The number of aliphatic hydroxyl groups excluding tert-OH is 1. The highest BCUT2D eigenvalue weighted by Gasteiger charge is 2.46. The van der Waals surface area contributed by atoms with Crippen molar-refractivity contribution in [3.8, 4) is 0 Å². The Labute approximate surface area is 95.8 Å². The van der Waals surface area contributed by atoms with E-state index in [1.54, 1.807) is 0 Å². The minimum absolute atomic E-state index is 0.0877. The second-order valence-corrected chi connectivity index (χ2v) is 4.95. The predicted octanol–water partition coefficient (Wildman–Crippen LogP) is -1.59. The maximum Gasteiger partial charge on any atom is 0.469 e. The SMILES string of the molecule is O=C(O)C1(O)CC(O)CC(COP(=O)(O)O)O1. The Balaban J connectivity index is 2.63. The summed E-state index contributed by atoms with van der Waals surface area (Å²) in [5.41, 5.74) is 0. The van der Waals surface area contributed by atoms with Crippen molar-refractivity contribution in [3.05, 3.63) is 0 Å². The maximum absolute atomic E-state index is 10.7. The highest BCUT2D eigenvalue weighted by molar-refractivity contribution is 7.46. The maximum atomic E-state index is 10.7. The van der Waals surface area contributed by atoms with Gasteiger partial charge in [-0.25, -0.2) is 9.36 Å². The first-order valence-corrected chi connectivity index (χ1v) is 6.17. The third-order valence-electron chi connectivity index (χ3n) is 2.17. The van der Waals surface area contributed by atoms with Crippen molar-refractivity contribution in [1.82, 2.24) is 0 Å². The summed E-state index contributed by atoms with van der Waals surface area (Å²) in [5, 5.41) is 27.5. The first-order valence-electron chi connectivity index (χ1n) is 4.64. The molecule has 1 heterocycles. The molecule has 17 heavy (non-hydrogen) atoms. The molecule has 5 N–H and O–H groups in total. The molecule has 0 aromatic heterocycles. The zero-order chi connectivity index (χ0) is 13.3. The van der Waals surface area contributed by atoms with Gasteiger partial charge in [-0.1, -0.05) is 0 Å². The van der Waals surface area contributed by atoms with Gasteiger partial charge >= 0.3 is 13.8 Å². The van der Waals surface area contributed by atoms with E-state index in [0.717, 1.165) is 0 Å². The lowest BCUT2D eigenvalue weighted by atomic mass is 9.99. The van der Waals surface area contributed by atoms with Crippen LogP contribution in [-0.2, 0) is 18.6 Å². The summed E-state index contributed by atoms with van der Waals surface area (Å²) in [4.78, 5) is 27.6. The number of hydrogen-bond acceptors (Lipinski definition) is 6. The van der Waals surface area contributed by atoms with E-state index < -0.39 is 44.8 Å². The van der Waals surface area contributed by atoms with Gasteiger partial charge in [0, 0.05) is 12.8 Å². The molecule has 0 aromatic carbocycles. The molecule has 0 spiro atoms. The number of hydrogen-bond donors (Lipinski definition) is 5. The quantitative estimate of drug-likeness (QED) is 0.381. The number of phosphoric ester groups is 1. The number of carboxylic acids is 1. The van der Waals surface area contributed by atoms with Crippen molar-refractivity contribution >= 4 is 13.8 Å².